The molecule has 0 aliphatic carbocycles. The number of nitrogens with one attached hydrogen (secondary N) is 1. The molecular formula is C7H8F3NO3. The Morgan fingerprint density at radius 2 is 2.00 bits per heavy atom. The van der Waals surface area contributed by atoms with Crippen molar-refractivity contribution < 1.29 is 27.9 Å². The molecule has 0 spiro atoms. The van der Waals surface area contributed by atoms with Crippen LogP contribution < -0.4 is 5.32 Å². The third-order valence-electron chi connectivity index (χ3n) is 1.96. The maximum Gasteiger partial charge on any atom is 0.404 e. The van der Waals surface area contributed by atoms with Crippen molar-refractivity contribution in [3.63, 3.8) is 0 Å². The summed E-state index contributed by atoms with van der Waals surface area (Å²) in [6.07, 6.45) is -5.65. The van der Waals surface area contributed by atoms with Crippen LogP contribution >= 0.6 is 0 Å². The quantitative estimate of drug-likeness (QED) is 0.655. The standard InChI is InChI=1S/C7H8F3NO3/c8-7(9,10)5-2-3(12)1-4(11-5)6(13)14/h4-5,11H,1-2H2,(H,13,14)/t4-,5+/m0/s1. The second-order valence-corrected chi connectivity index (χ2v) is 3.10. The van der Waals surface area contributed by atoms with Gasteiger partial charge in [-0.05, 0) is 0 Å². The van der Waals surface area contributed by atoms with Gasteiger partial charge in [-0.1, -0.05) is 0 Å². The Morgan fingerprint density at radius 1 is 1.43 bits per heavy atom. The summed E-state index contributed by atoms with van der Waals surface area (Å²) >= 11 is 0. The Balaban J connectivity index is 2.73. The molecule has 2 N–H and O–H groups in total. The first-order valence-corrected chi connectivity index (χ1v) is 3.88. The molecule has 4 nitrogen and oxygen atoms in total. The van der Waals surface area contributed by atoms with Gasteiger partial charge >= 0.3 is 12.1 Å². The number of carbonyl (C=O) groups is 2. The molecular weight excluding hydrogens is 203 g/mol. The van der Waals surface area contributed by atoms with Gasteiger partial charge in [-0.25, -0.2) is 0 Å². The van der Waals surface area contributed by atoms with E-state index in [0.717, 1.165) is 0 Å². The molecule has 80 valence electrons. The summed E-state index contributed by atoms with van der Waals surface area (Å²) in [5.74, 6) is -2.12. The van der Waals surface area contributed by atoms with Gasteiger partial charge < -0.3 is 5.11 Å². The minimum Gasteiger partial charge on any atom is -0.480 e. The normalized spacial score (nSPS) is 28.9. The first-order valence-electron chi connectivity index (χ1n) is 3.88. The van der Waals surface area contributed by atoms with E-state index >= 15 is 0 Å². The van der Waals surface area contributed by atoms with Crippen LogP contribution in [0.25, 0.3) is 0 Å². The highest BCUT2D eigenvalue weighted by molar-refractivity contribution is 5.87. The van der Waals surface area contributed by atoms with Crippen LogP contribution in [0.3, 0.4) is 0 Å². The Bertz CT molecular complexity index is 263. The van der Waals surface area contributed by atoms with Crippen molar-refractivity contribution in [3.8, 4) is 0 Å². The van der Waals surface area contributed by atoms with Crippen LogP contribution in [0.2, 0.25) is 0 Å². The predicted molar refractivity (Wildman–Crippen MR) is 38.6 cm³/mol. The van der Waals surface area contributed by atoms with Crippen LogP contribution in [0.5, 0.6) is 0 Å². The van der Waals surface area contributed by atoms with Gasteiger partial charge in [0.1, 0.15) is 17.9 Å². The molecule has 0 radical (unpaired) electrons. The minimum absolute atomic E-state index is 0.387. The smallest absolute Gasteiger partial charge is 0.404 e. The van der Waals surface area contributed by atoms with Crippen molar-refractivity contribution in [3.05, 3.63) is 0 Å². The zero-order valence-electron chi connectivity index (χ0n) is 6.97. The molecule has 1 heterocycles. The van der Waals surface area contributed by atoms with Crippen LogP contribution in [0.15, 0.2) is 0 Å². The first-order chi connectivity index (χ1) is 6.30. The molecule has 14 heavy (non-hydrogen) atoms. The summed E-state index contributed by atoms with van der Waals surface area (Å²) in [4.78, 5) is 21.2. The zero-order valence-corrected chi connectivity index (χ0v) is 6.97. The summed E-state index contributed by atoms with van der Waals surface area (Å²) in [7, 11) is 0. The van der Waals surface area contributed by atoms with Crippen LogP contribution in [0, 0.1) is 0 Å². The van der Waals surface area contributed by atoms with E-state index in [1.165, 1.54) is 0 Å². The number of halogens is 3. The van der Waals surface area contributed by atoms with E-state index in [9.17, 15) is 22.8 Å². The lowest BCUT2D eigenvalue weighted by atomic mass is 9.97. The van der Waals surface area contributed by atoms with Gasteiger partial charge in [0, 0.05) is 12.8 Å². The molecule has 0 bridgehead atoms. The molecule has 1 fully saturated rings. The number of hydrogen-bond acceptors (Lipinski definition) is 3. The third-order valence-corrected chi connectivity index (χ3v) is 1.96. The first kappa shape index (κ1) is 11.0. The molecule has 0 saturated carbocycles. The van der Waals surface area contributed by atoms with Crippen LogP contribution in [-0.2, 0) is 9.59 Å². The molecule has 2 atom stereocenters. The molecule has 1 aliphatic rings. The van der Waals surface area contributed by atoms with Crippen molar-refractivity contribution >= 4 is 11.8 Å². The van der Waals surface area contributed by atoms with Gasteiger partial charge in [0.2, 0.25) is 0 Å². The lowest BCUT2D eigenvalue weighted by Gasteiger charge is -2.29. The molecule has 0 aromatic carbocycles. The number of alkyl halides is 3. The average molecular weight is 211 g/mol. The number of carboxylic acid groups (broad SMARTS) is 1. The Kier molecular flexibility index (Phi) is 2.79. The Morgan fingerprint density at radius 3 is 2.43 bits per heavy atom. The fourth-order valence-corrected chi connectivity index (χ4v) is 1.27. The van der Waals surface area contributed by atoms with Gasteiger partial charge in [0.05, 0.1) is 0 Å². The largest absolute Gasteiger partial charge is 0.480 e. The maximum absolute atomic E-state index is 12.1. The lowest BCUT2D eigenvalue weighted by Crippen LogP contribution is -2.55. The molecule has 0 unspecified atom stereocenters. The summed E-state index contributed by atoms with van der Waals surface area (Å²) in [6.45, 7) is 0. The predicted octanol–water partition coefficient (Wildman–Crippen LogP) is 0.323. The van der Waals surface area contributed by atoms with Crippen molar-refractivity contribution in [1.29, 1.82) is 0 Å². The fourth-order valence-electron chi connectivity index (χ4n) is 1.27. The number of hydrogen-bond donors (Lipinski definition) is 2. The van der Waals surface area contributed by atoms with Crippen molar-refractivity contribution in [1.82, 2.24) is 5.32 Å². The third kappa shape index (κ3) is 2.44. The van der Waals surface area contributed by atoms with Gasteiger partial charge in [-0.15, -0.1) is 0 Å². The lowest BCUT2D eigenvalue weighted by molar-refractivity contribution is -0.171. The minimum atomic E-state index is -4.58. The molecule has 0 aromatic heterocycles. The number of Topliss-reactive ketones (excluding diaryl/α,β-unsaturated/α-hetero) is 1. The summed E-state index contributed by atoms with van der Waals surface area (Å²) in [5, 5.41) is 10.3. The zero-order chi connectivity index (χ0) is 10.9. The SMILES string of the molecule is O=C1C[C@@H](C(=O)O)N[C@@H](C(F)(F)F)C1. The highest BCUT2D eigenvalue weighted by Gasteiger charge is 2.45. The van der Waals surface area contributed by atoms with Crippen molar-refractivity contribution in [2.45, 2.75) is 31.1 Å². The number of ketones is 1. The van der Waals surface area contributed by atoms with Gasteiger partial charge in [0.15, 0.2) is 0 Å². The molecule has 1 saturated heterocycles. The number of carboxylic acids is 1. The van der Waals surface area contributed by atoms with E-state index in [2.05, 4.69) is 0 Å². The molecule has 1 rings (SSSR count). The summed E-state index contributed by atoms with van der Waals surface area (Å²) in [6, 6.07) is -3.47. The molecule has 0 aromatic rings. The van der Waals surface area contributed by atoms with E-state index in [0.29, 0.717) is 0 Å². The highest BCUT2D eigenvalue weighted by Crippen LogP contribution is 2.26. The van der Waals surface area contributed by atoms with Gasteiger partial charge in [-0.2, -0.15) is 13.2 Å². The van der Waals surface area contributed by atoms with E-state index in [-0.39, 0.29) is 6.42 Å². The van der Waals surface area contributed by atoms with Crippen LogP contribution in [0.4, 0.5) is 13.2 Å². The second kappa shape index (κ2) is 3.56. The van der Waals surface area contributed by atoms with Gasteiger partial charge in [0.25, 0.3) is 0 Å². The number of carbonyl (C=O) groups excluding carboxylic acids is 1. The van der Waals surface area contributed by atoms with E-state index in [4.69, 9.17) is 5.11 Å². The summed E-state index contributed by atoms with van der Waals surface area (Å²) in [5.41, 5.74) is 0. The molecule has 1 aliphatic heterocycles. The van der Waals surface area contributed by atoms with Gasteiger partial charge in [-0.3, -0.25) is 14.9 Å². The van der Waals surface area contributed by atoms with Crippen molar-refractivity contribution in [2.24, 2.45) is 0 Å². The summed E-state index contributed by atoms with van der Waals surface area (Å²) < 4.78 is 36.4. The molecule has 0 amide bonds. The Hall–Kier alpha value is -1.11. The van der Waals surface area contributed by atoms with E-state index in [1.807, 2.05) is 5.32 Å². The van der Waals surface area contributed by atoms with Crippen LogP contribution in [-0.4, -0.2) is 35.1 Å². The van der Waals surface area contributed by atoms with Crippen molar-refractivity contribution in [2.75, 3.05) is 0 Å². The highest BCUT2D eigenvalue weighted by atomic mass is 19.4. The Labute approximate surface area is 77.1 Å². The second-order valence-electron chi connectivity index (χ2n) is 3.10. The van der Waals surface area contributed by atoms with E-state index in [1.54, 1.807) is 0 Å². The number of piperidine rings is 1. The molecule has 7 heteroatoms. The number of aliphatic carboxylic acids is 1. The maximum atomic E-state index is 12.1. The topological polar surface area (TPSA) is 66.4 Å². The number of rotatable bonds is 1. The average Bonchev–Trinajstić information content (AvgIpc) is 2.01. The fraction of sp³-hybridized carbons (Fsp3) is 0.714. The van der Waals surface area contributed by atoms with Crippen LogP contribution in [0.1, 0.15) is 12.8 Å². The van der Waals surface area contributed by atoms with E-state index < -0.39 is 36.4 Å². The monoisotopic (exact) mass is 211 g/mol.